The third kappa shape index (κ3) is 2.83. The van der Waals surface area contributed by atoms with Crippen molar-refractivity contribution in [2.45, 2.75) is 0 Å². The van der Waals surface area contributed by atoms with Gasteiger partial charge in [0.25, 0.3) is 0 Å². The van der Waals surface area contributed by atoms with Crippen LogP contribution in [-0.4, -0.2) is 23.1 Å². The summed E-state index contributed by atoms with van der Waals surface area (Å²) in [6.07, 6.45) is 1.52. The molecule has 2 N–H and O–H groups in total. The number of rotatable bonds is 1. The Morgan fingerprint density at radius 2 is 2.38 bits per heavy atom. The largest absolute Gasteiger partial charge is 0.472 e. The van der Waals surface area contributed by atoms with Gasteiger partial charge in [0.2, 0.25) is 0 Å². The lowest BCUT2D eigenvalue weighted by Crippen LogP contribution is -1.92. The second kappa shape index (κ2) is 4.12. The standard InChI is InChI=1S/C9H8N2O2/c1-10-8-4-2-7(6-11-8)3-5-9(12)13/h2,4,6H,1H3,(H,10,11)(H,12,13). The Hall–Kier alpha value is -2.02. The van der Waals surface area contributed by atoms with Crippen LogP contribution in [0, 0.1) is 11.8 Å². The molecule has 13 heavy (non-hydrogen) atoms. The van der Waals surface area contributed by atoms with Crippen molar-refractivity contribution in [1.82, 2.24) is 4.98 Å². The highest BCUT2D eigenvalue weighted by molar-refractivity contribution is 5.87. The van der Waals surface area contributed by atoms with Crippen molar-refractivity contribution in [2.75, 3.05) is 12.4 Å². The molecular weight excluding hydrogens is 168 g/mol. The molecule has 0 radical (unpaired) electrons. The molecule has 0 bridgehead atoms. The van der Waals surface area contributed by atoms with Crippen LogP contribution in [0.2, 0.25) is 0 Å². The molecule has 1 aromatic heterocycles. The van der Waals surface area contributed by atoms with Crippen LogP contribution >= 0.6 is 0 Å². The molecule has 0 aliphatic carbocycles. The van der Waals surface area contributed by atoms with Crippen LogP contribution in [0.15, 0.2) is 18.3 Å². The minimum atomic E-state index is -1.14. The van der Waals surface area contributed by atoms with Crippen LogP contribution in [0.5, 0.6) is 0 Å². The van der Waals surface area contributed by atoms with E-state index in [1.165, 1.54) is 6.20 Å². The molecule has 4 nitrogen and oxygen atoms in total. The molecule has 0 aromatic carbocycles. The minimum absolute atomic E-state index is 0.585. The van der Waals surface area contributed by atoms with E-state index in [0.717, 1.165) is 5.82 Å². The van der Waals surface area contributed by atoms with Gasteiger partial charge in [-0.15, -0.1) is 0 Å². The lowest BCUT2D eigenvalue weighted by Gasteiger charge is -1.96. The first-order valence-corrected chi connectivity index (χ1v) is 3.61. The number of carboxylic acids is 1. The number of hydrogen-bond acceptors (Lipinski definition) is 3. The maximum absolute atomic E-state index is 10.1. The highest BCUT2D eigenvalue weighted by Gasteiger charge is 1.90. The number of carbonyl (C=O) groups is 1. The average Bonchev–Trinajstić information content (AvgIpc) is 2.15. The summed E-state index contributed by atoms with van der Waals surface area (Å²) in [5.41, 5.74) is 0.585. The Labute approximate surface area is 75.6 Å². The van der Waals surface area contributed by atoms with E-state index in [9.17, 15) is 4.79 Å². The SMILES string of the molecule is CNc1ccc(C#CC(=O)O)cn1. The molecule has 66 valence electrons. The van der Waals surface area contributed by atoms with E-state index < -0.39 is 5.97 Å². The Bertz CT molecular complexity index is 359. The smallest absolute Gasteiger partial charge is 0.382 e. The normalized spacial score (nSPS) is 8.38. The highest BCUT2D eigenvalue weighted by Crippen LogP contribution is 2.01. The fourth-order valence-electron chi connectivity index (χ4n) is 0.741. The van der Waals surface area contributed by atoms with Crippen LogP contribution in [0.1, 0.15) is 5.56 Å². The summed E-state index contributed by atoms with van der Waals surface area (Å²) in [5, 5.41) is 11.1. The van der Waals surface area contributed by atoms with E-state index in [1.807, 2.05) is 5.92 Å². The lowest BCUT2D eigenvalue weighted by atomic mass is 10.3. The number of aliphatic carboxylic acids is 1. The number of hydrogen-bond donors (Lipinski definition) is 2. The Morgan fingerprint density at radius 1 is 1.62 bits per heavy atom. The number of pyridine rings is 1. The fourth-order valence-corrected chi connectivity index (χ4v) is 0.741. The van der Waals surface area contributed by atoms with E-state index in [1.54, 1.807) is 19.2 Å². The topological polar surface area (TPSA) is 62.2 Å². The molecule has 1 rings (SSSR count). The number of carboxylic acid groups (broad SMARTS) is 1. The molecule has 0 saturated carbocycles. The van der Waals surface area contributed by atoms with Gasteiger partial charge in [-0.1, -0.05) is 5.92 Å². The molecule has 0 aliphatic rings. The number of anilines is 1. The van der Waals surface area contributed by atoms with E-state index in [2.05, 4.69) is 16.2 Å². The van der Waals surface area contributed by atoms with E-state index in [0.29, 0.717) is 5.56 Å². The molecule has 1 aromatic rings. The van der Waals surface area contributed by atoms with Gasteiger partial charge in [0.15, 0.2) is 0 Å². The fraction of sp³-hybridized carbons (Fsp3) is 0.111. The summed E-state index contributed by atoms with van der Waals surface area (Å²) in [7, 11) is 1.75. The van der Waals surface area contributed by atoms with Gasteiger partial charge in [0, 0.05) is 24.7 Å². The number of nitrogens with zero attached hydrogens (tertiary/aromatic N) is 1. The van der Waals surface area contributed by atoms with E-state index in [4.69, 9.17) is 5.11 Å². The van der Waals surface area contributed by atoms with Crippen molar-refractivity contribution >= 4 is 11.8 Å². The third-order valence-electron chi connectivity index (χ3n) is 1.33. The second-order valence-electron chi connectivity index (χ2n) is 2.24. The van der Waals surface area contributed by atoms with Crippen LogP contribution in [-0.2, 0) is 4.79 Å². The second-order valence-corrected chi connectivity index (χ2v) is 2.24. The maximum Gasteiger partial charge on any atom is 0.382 e. The molecule has 0 unspecified atom stereocenters. The molecule has 4 heteroatoms. The van der Waals surface area contributed by atoms with E-state index in [-0.39, 0.29) is 0 Å². The van der Waals surface area contributed by atoms with Gasteiger partial charge in [-0.05, 0) is 12.1 Å². The number of nitrogens with one attached hydrogen (secondary N) is 1. The Balaban J connectivity index is 2.83. The van der Waals surface area contributed by atoms with Crippen LogP contribution in [0.4, 0.5) is 5.82 Å². The van der Waals surface area contributed by atoms with Crippen molar-refractivity contribution < 1.29 is 9.90 Å². The maximum atomic E-state index is 10.1. The first kappa shape index (κ1) is 9.07. The molecule has 0 amide bonds. The average molecular weight is 176 g/mol. The van der Waals surface area contributed by atoms with Crippen molar-refractivity contribution in [2.24, 2.45) is 0 Å². The van der Waals surface area contributed by atoms with Gasteiger partial charge >= 0.3 is 5.97 Å². The van der Waals surface area contributed by atoms with Gasteiger partial charge < -0.3 is 10.4 Å². The molecule has 0 aliphatic heterocycles. The Kier molecular flexibility index (Phi) is 2.87. The Morgan fingerprint density at radius 3 is 2.85 bits per heavy atom. The van der Waals surface area contributed by atoms with Gasteiger partial charge in [-0.3, -0.25) is 0 Å². The first-order valence-electron chi connectivity index (χ1n) is 3.61. The lowest BCUT2D eigenvalue weighted by molar-refractivity contribution is -0.130. The molecule has 0 saturated heterocycles. The summed E-state index contributed by atoms with van der Waals surface area (Å²) in [5.74, 6) is 4.04. The van der Waals surface area contributed by atoms with Gasteiger partial charge in [0.05, 0.1) is 0 Å². The first-order chi connectivity index (χ1) is 6.22. The highest BCUT2D eigenvalue weighted by atomic mass is 16.4. The predicted octanol–water partition coefficient (Wildman–Crippen LogP) is 0.559. The van der Waals surface area contributed by atoms with Crippen molar-refractivity contribution in [3.8, 4) is 11.8 Å². The van der Waals surface area contributed by atoms with Gasteiger partial charge in [-0.2, -0.15) is 0 Å². The quantitative estimate of drug-likeness (QED) is 0.614. The summed E-state index contributed by atoms with van der Waals surface area (Å²) in [6, 6.07) is 3.43. The van der Waals surface area contributed by atoms with Crippen LogP contribution < -0.4 is 5.32 Å². The molecule has 0 fully saturated rings. The summed E-state index contributed by atoms with van der Waals surface area (Å²) >= 11 is 0. The van der Waals surface area contributed by atoms with Crippen molar-refractivity contribution in [3.63, 3.8) is 0 Å². The molecule has 0 atom stereocenters. The predicted molar refractivity (Wildman–Crippen MR) is 48.3 cm³/mol. The minimum Gasteiger partial charge on any atom is -0.472 e. The van der Waals surface area contributed by atoms with Gasteiger partial charge in [-0.25, -0.2) is 9.78 Å². The zero-order valence-corrected chi connectivity index (χ0v) is 7.03. The van der Waals surface area contributed by atoms with E-state index >= 15 is 0 Å². The summed E-state index contributed by atoms with van der Waals surface area (Å²) in [4.78, 5) is 14.1. The van der Waals surface area contributed by atoms with Crippen molar-refractivity contribution in [1.29, 1.82) is 0 Å². The van der Waals surface area contributed by atoms with Crippen molar-refractivity contribution in [3.05, 3.63) is 23.9 Å². The third-order valence-corrected chi connectivity index (χ3v) is 1.33. The molecule has 1 heterocycles. The summed E-state index contributed by atoms with van der Waals surface area (Å²) < 4.78 is 0. The van der Waals surface area contributed by atoms with Gasteiger partial charge in [0.1, 0.15) is 5.82 Å². The zero-order valence-electron chi connectivity index (χ0n) is 7.03. The monoisotopic (exact) mass is 176 g/mol. The summed E-state index contributed by atoms with van der Waals surface area (Å²) in [6.45, 7) is 0. The van der Waals surface area contributed by atoms with Crippen LogP contribution in [0.3, 0.4) is 0 Å². The molecule has 0 spiro atoms. The number of aromatic nitrogens is 1. The zero-order chi connectivity index (χ0) is 9.68. The van der Waals surface area contributed by atoms with Crippen LogP contribution in [0.25, 0.3) is 0 Å². The molecular formula is C9H8N2O2.